The average Bonchev–Trinajstić information content (AvgIpc) is 2.28. The molecule has 0 heterocycles. The predicted molar refractivity (Wildman–Crippen MR) is 79.1 cm³/mol. The Bertz CT molecular complexity index is 379. The van der Waals surface area contributed by atoms with Crippen LogP contribution < -0.4 is 5.73 Å². The first-order valence-corrected chi connectivity index (χ1v) is 6.07. The molecule has 0 aliphatic carbocycles. The molecule has 5 heteroatoms. The number of carbonyl (C=O) groups excluding carboxylic acids is 1. The smallest absolute Gasteiger partial charge is 0.313 e. The van der Waals surface area contributed by atoms with Crippen molar-refractivity contribution in [1.82, 2.24) is 0 Å². The van der Waals surface area contributed by atoms with E-state index in [4.69, 9.17) is 10.5 Å². The van der Waals surface area contributed by atoms with Gasteiger partial charge in [-0.2, -0.15) is 0 Å². The number of ether oxygens (including phenoxy) is 1. The summed E-state index contributed by atoms with van der Waals surface area (Å²) >= 11 is 2.23. The largest absolute Gasteiger partial charge is 0.469 e. The zero-order valence-corrected chi connectivity index (χ0v) is 13.0. The lowest BCUT2D eigenvalue weighted by atomic mass is 9.81. The van der Waals surface area contributed by atoms with Crippen LogP contribution >= 0.6 is 35.0 Å². The van der Waals surface area contributed by atoms with Crippen molar-refractivity contribution in [1.29, 1.82) is 0 Å². The highest BCUT2D eigenvalue weighted by atomic mass is 127. The Hall–Kier alpha value is -0.330. The number of methoxy groups -OCH3 is 1. The van der Waals surface area contributed by atoms with E-state index in [-0.39, 0.29) is 24.4 Å². The minimum atomic E-state index is -0.721. The van der Waals surface area contributed by atoms with Crippen LogP contribution in [0.5, 0.6) is 0 Å². The predicted octanol–water partition coefficient (Wildman–Crippen LogP) is 2.91. The maximum atomic E-state index is 11.6. The number of benzene rings is 1. The fourth-order valence-electron chi connectivity index (χ4n) is 1.48. The summed E-state index contributed by atoms with van der Waals surface area (Å²) in [7, 11) is 1.38. The van der Waals surface area contributed by atoms with Crippen LogP contribution in [0.25, 0.3) is 0 Å². The van der Waals surface area contributed by atoms with Crippen LogP contribution in [0.15, 0.2) is 24.3 Å². The third-order valence-electron chi connectivity index (χ3n) is 2.72. The minimum Gasteiger partial charge on any atom is -0.469 e. The molecule has 1 aromatic carbocycles. The quantitative estimate of drug-likeness (QED) is 0.658. The Kier molecular flexibility index (Phi) is 6.43. The van der Waals surface area contributed by atoms with Gasteiger partial charge < -0.3 is 10.5 Å². The molecule has 0 fully saturated rings. The molecule has 0 radical (unpaired) electrons. The van der Waals surface area contributed by atoms with Crippen molar-refractivity contribution >= 4 is 41.0 Å². The molecule has 0 bridgehead atoms. The molecule has 0 saturated carbocycles. The lowest BCUT2D eigenvalue weighted by Gasteiger charge is -2.28. The SMILES string of the molecule is COC(=O)C(C)(C)[C@@H](N)c1ccc(I)cc1.Cl. The van der Waals surface area contributed by atoms with E-state index in [2.05, 4.69) is 22.6 Å². The fourth-order valence-corrected chi connectivity index (χ4v) is 1.84. The molecular weight excluding hydrogens is 352 g/mol. The van der Waals surface area contributed by atoms with Crippen LogP contribution in [-0.2, 0) is 9.53 Å². The van der Waals surface area contributed by atoms with E-state index in [1.54, 1.807) is 13.8 Å². The zero-order chi connectivity index (χ0) is 12.3. The third kappa shape index (κ3) is 3.82. The first kappa shape index (κ1) is 16.7. The number of nitrogens with two attached hydrogens (primary N) is 1. The number of carbonyl (C=O) groups is 1. The Morgan fingerprint density at radius 3 is 2.24 bits per heavy atom. The Balaban J connectivity index is 0.00000256. The minimum absolute atomic E-state index is 0. The van der Waals surface area contributed by atoms with Crippen molar-refractivity contribution in [3.63, 3.8) is 0 Å². The zero-order valence-electron chi connectivity index (χ0n) is 10.1. The van der Waals surface area contributed by atoms with E-state index in [0.29, 0.717) is 0 Å². The number of halogens is 2. The molecule has 0 unspecified atom stereocenters. The average molecular weight is 370 g/mol. The summed E-state index contributed by atoms with van der Waals surface area (Å²) in [6.07, 6.45) is 0. The van der Waals surface area contributed by atoms with Crippen LogP contribution in [0.1, 0.15) is 25.5 Å². The number of hydrogen-bond donors (Lipinski definition) is 1. The molecular formula is C12H17ClINO2. The van der Waals surface area contributed by atoms with Crippen molar-refractivity contribution in [3.05, 3.63) is 33.4 Å². The van der Waals surface area contributed by atoms with Gasteiger partial charge in [-0.1, -0.05) is 12.1 Å². The van der Waals surface area contributed by atoms with Gasteiger partial charge >= 0.3 is 5.97 Å². The highest BCUT2D eigenvalue weighted by Crippen LogP contribution is 2.32. The van der Waals surface area contributed by atoms with Gasteiger partial charge in [0.2, 0.25) is 0 Å². The molecule has 1 atom stereocenters. The molecule has 17 heavy (non-hydrogen) atoms. The molecule has 2 N–H and O–H groups in total. The van der Waals surface area contributed by atoms with E-state index in [1.165, 1.54) is 7.11 Å². The van der Waals surface area contributed by atoms with Gasteiger partial charge in [0.15, 0.2) is 0 Å². The number of rotatable bonds is 3. The topological polar surface area (TPSA) is 52.3 Å². The van der Waals surface area contributed by atoms with Gasteiger partial charge in [0.25, 0.3) is 0 Å². The number of hydrogen-bond acceptors (Lipinski definition) is 3. The first-order chi connectivity index (χ1) is 7.39. The Labute approximate surface area is 122 Å². The van der Waals surface area contributed by atoms with Crippen LogP contribution in [0.4, 0.5) is 0 Å². The van der Waals surface area contributed by atoms with E-state index < -0.39 is 5.41 Å². The van der Waals surface area contributed by atoms with Gasteiger partial charge in [0, 0.05) is 9.61 Å². The van der Waals surface area contributed by atoms with Crippen LogP contribution in [0.2, 0.25) is 0 Å². The molecule has 0 aliphatic heterocycles. The van der Waals surface area contributed by atoms with E-state index in [9.17, 15) is 4.79 Å². The van der Waals surface area contributed by atoms with Gasteiger partial charge in [-0.15, -0.1) is 12.4 Å². The van der Waals surface area contributed by atoms with Gasteiger partial charge in [-0.3, -0.25) is 4.79 Å². The van der Waals surface area contributed by atoms with Gasteiger partial charge in [-0.25, -0.2) is 0 Å². The molecule has 0 aromatic heterocycles. The van der Waals surface area contributed by atoms with Crippen LogP contribution in [0, 0.1) is 8.99 Å². The monoisotopic (exact) mass is 369 g/mol. The molecule has 1 aromatic rings. The number of esters is 1. The van der Waals surface area contributed by atoms with Crippen molar-refractivity contribution in [2.45, 2.75) is 19.9 Å². The maximum Gasteiger partial charge on any atom is 0.313 e. The second-order valence-corrected chi connectivity index (χ2v) is 5.49. The Morgan fingerprint density at radius 1 is 1.35 bits per heavy atom. The summed E-state index contributed by atoms with van der Waals surface area (Å²) in [5.41, 5.74) is 6.32. The van der Waals surface area contributed by atoms with Gasteiger partial charge in [0.05, 0.1) is 12.5 Å². The van der Waals surface area contributed by atoms with E-state index in [1.807, 2.05) is 24.3 Å². The van der Waals surface area contributed by atoms with Crippen LogP contribution in [-0.4, -0.2) is 13.1 Å². The highest BCUT2D eigenvalue weighted by Gasteiger charge is 2.36. The third-order valence-corrected chi connectivity index (χ3v) is 3.44. The molecule has 96 valence electrons. The summed E-state index contributed by atoms with van der Waals surface area (Å²) in [6, 6.07) is 7.47. The van der Waals surface area contributed by atoms with Crippen molar-refractivity contribution < 1.29 is 9.53 Å². The Morgan fingerprint density at radius 2 is 1.82 bits per heavy atom. The molecule has 0 amide bonds. The molecule has 0 aliphatic rings. The lowest BCUT2D eigenvalue weighted by Crippen LogP contribution is -2.37. The normalized spacial score (nSPS) is 12.5. The van der Waals surface area contributed by atoms with E-state index in [0.717, 1.165) is 9.13 Å². The summed E-state index contributed by atoms with van der Waals surface area (Å²) in [4.78, 5) is 11.6. The molecule has 0 spiro atoms. The lowest BCUT2D eigenvalue weighted by molar-refractivity contribution is -0.152. The summed E-state index contributed by atoms with van der Waals surface area (Å²) < 4.78 is 5.90. The summed E-state index contributed by atoms with van der Waals surface area (Å²) in [5.74, 6) is -0.293. The van der Waals surface area contributed by atoms with Gasteiger partial charge in [-0.05, 0) is 54.1 Å². The standard InChI is InChI=1S/C12H16INO2.ClH/c1-12(2,11(15)16-3)10(14)8-4-6-9(13)7-5-8;/h4-7,10H,14H2,1-3H3;1H/t10-;/m0./s1. The van der Waals surface area contributed by atoms with Crippen LogP contribution in [0.3, 0.4) is 0 Å². The van der Waals surface area contributed by atoms with Gasteiger partial charge in [0.1, 0.15) is 0 Å². The van der Waals surface area contributed by atoms with Crippen molar-refractivity contribution in [3.8, 4) is 0 Å². The maximum absolute atomic E-state index is 11.6. The van der Waals surface area contributed by atoms with Crippen molar-refractivity contribution in [2.75, 3.05) is 7.11 Å². The molecule has 1 rings (SSSR count). The van der Waals surface area contributed by atoms with Crippen molar-refractivity contribution in [2.24, 2.45) is 11.1 Å². The van der Waals surface area contributed by atoms with E-state index >= 15 is 0 Å². The fraction of sp³-hybridized carbons (Fsp3) is 0.417. The first-order valence-electron chi connectivity index (χ1n) is 4.99. The second kappa shape index (κ2) is 6.56. The summed E-state index contributed by atoms with van der Waals surface area (Å²) in [5, 5.41) is 0. The second-order valence-electron chi connectivity index (χ2n) is 4.24. The molecule has 3 nitrogen and oxygen atoms in total. The summed E-state index contributed by atoms with van der Waals surface area (Å²) in [6.45, 7) is 3.59. The highest BCUT2D eigenvalue weighted by molar-refractivity contribution is 14.1. The molecule has 0 saturated heterocycles.